The summed E-state index contributed by atoms with van der Waals surface area (Å²) >= 11 is 11.4. The van der Waals surface area contributed by atoms with Crippen LogP contribution in [0.2, 0.25) is 10.4 Å². The maximum atomic E-state index is 5.74. The smallest absolute Gasteiger partial charge is 0.225 e. The second-order valence-corrected chi connectivity index (χ2v) is 3.79. The summed E-state index contributed by atoms with van der Waals surface area (Å²) < 4.78 is 0. The highest BCUT2D eigenvalue weighted by Gasteiger charge is 2.00. The normalized spacial score (nSPS) is 10.1. The van der Waals surface area contributed by atoms with E-state index in [2.05, 4.69) is 20.3 Å². The second kappa shape index (κ2) is 5.09. The van der Waals surface area contributed by atoms with E-state index in [4.69, 9.17) is 23.2 Å². The molecule has 2 aromatic rings. The van der Waals surface area contributed by atoms with Crippen LogP contribution in [-0.4, -0.2) is 15.0 Å². The predicted molar refractivity (Wildman–Crippen MR) is 63.6 cm³/mol. The lowest BCUT2D eigenvalue weighted by molar-refractivity contribution is 1.07. The topological polar surface area (TPSA) is 50.7 Å². The van der Waals surface area contributed by atoms with Gasteiger partial charge in [0.15, 0.2) is 0 Å². The fourth-order valence-electron chi connectivity index (χ4n) is 1.18. The Morgan fingerprint density at radius 2 is 2.12 bits per heavy atom. The van der Waals surface area contributed by atoms with Crippen molar-refractivity contribution in [2.75, 3.05) is 5.32 Å². The zero-order chi connectivity index (χ0) is 11.4. The molecular weight excluding hydrogens is 247 g/mol. The maximum absolute atomic E-state index is 5.74. The lowest BCUT2D eigenvalue weighted by Crippen LogP contribution is -2.02. The first-order chi connectivity index (χ1) is 7.74. The van der Waals surface area contributed by atoms with Crippen LogP contribution in [0.5, 0.6) is 0 Å². The van der Waals surface area contributed by atoms with E-state index >= 15 is 0 Å². The summed E-state index contributed by atoms with van der Waals surface area (Å²) in [5.41, 5.74) is 1.05. The number of hydrogen-bond donors (Lipinski definition) is 1. The molecule has 0 aliphatic rings. The molecule has 2 rings (SSSR count). The monoisotopic (exact) mass is 254 g/mol. The molecule has 82 valence electrons. The van der Waals surface area contributed by atoms with Gasteiger partial charge in [0.05, 0.1) is 0 Å². The molecule has 0 radical (unpaired) electrons. The van der Waals surface area contributed by atoms with Crippen molar-refractivity contribution in [1.82, 2.24) is 15.0 Å². The molecule has 4 nitrogen and oxygen atoms in total. The van der Waals surface area contributed by atoms with Crippen molar-refractivity contribution in [2.45, 2.75) is 6.54 Å². The van der Waals surface area contributed by atoms with Gasteiger partial charge in [0, 0.05) is 25.0 Å². The number of rotatable bonds is 3. The van der Waals surface area contributed by atoms with E-state index in [1.165, 1.54) is 0 Å². The zero-order valence-corrected chi connectivity index (χ0v) is 9.70. The Balaban J connectivity index is 2.05. The number of pyridine rings is 1. The average Bonchev–Trinajstić information content (AvgIpc) is 2.27. The quantitative estimate of drug-likeness (QED) is 0.676. The summed E-state index contributed by atoms with van der Waals surface area (Å²) in [4.78, 5) is 11.8. The number of halogens is 2. The molecule has 0 atom stereocenters. The fourth-order valence-corrected chi connectivity index (χ4v) is 1.58. The lowest BCUT2D eigenvalue weighted by Gasteiger charge is -2.05. The number of aromatic nitrogens is 3. The van der Waals surface area contributed by atoms with Gasteiger partial charge < -0.3 is 5.32 Å². The van der Waals surface area contributed by atoms with Crippen molar-refractivity contribution in [1.29, 1.82) is 0 Å². The Hall–Kier alpha value is -1.39. The fraction of sp³-hybridized carbons (Fsp3) is 0.100. The Labute approximate surface area is 103 Å². The molecular formula is C10H8Cl2N4. The van der Waals surface area contributed by atoms with E-state index in [0.717, 1.165) is 5.56 Å². The van der Waals surface area contributed by atoms with Gasteiger partial charge in [-0.1, -0.05) is 17.7 Å². The molecule has 0 bridgehead atoms. The molecule has 0 fully saturated rings. The number of nitrogens with zero attached hydrogens (tertiary/aromatic N) is 3. The molecule has 0 aromatic carbocycles. The summed E-state index contributed by atoms with van der Waals surface area (Å²) in [5, 5.41) is 3.52. The van der Waals surface area contributed by atoms with Crippen LogP contribution in [0.1, 0.15) is 5.56 Å². The van der Waals surface area contributed by atoms with Crippen molar-refractivity contribution in [2.24, 2.45) is 0 Å². The molecule has 2 heterocycles. The molecule has 0 saturated carbocycles. The van der Waals surface area contributed by atoms with E-state index < -0.39 is 0 Å². The molecule has 0 spiro atoms. The minimum absolute atomic E-state index is 0.126. The van der Waals surface area contributed by atoms with Gasteiger partial charge in [-0.2, -0.15) is 0 Å². The third kappa shape index (κ3) is 3.05. The van der Waals surface area contributed by atoms with Gasteiger partial charge in [-0.05, 0) is 23.2 Å². The van der Waals surface area contributed by atoms with Gasteiger partial charge in [0.25, 0.3) is 0 Å². The average molecular weight is 255 g/mol. The maximum Gasteiger partial charge on any atom is 0.225 e. The summed E-state index contributed by atoms with van der Waals surface area (Å²) in [5.74, 6) is 0.592. The Morgan fingerprint density at radius 3 is 2.81 bits per heavy atom. The van der Waals surface area contributed by atoms with Gasteiger partial charge in [-0.25, -0.2) is 9.97 Å². The van der Waals surface area contributed by atoms with Gasteiger partial charge in [0.1, 0.15) is 11.0 Å². The highest BCUT2D eigenvalue weighted by atomic mass is 35.5. The molecule has 16 heavy (non-hydrogen) atoms. The number of hydrogen-bond acceptors (Lipinski definition) is 4. The first-order valence-electron chi connectivity index (χ1n) is 4.57. The van der Waals surface area contributed by atoms with E-state index in [-0.39, 0.29) is 5.28 Å². The lowest BCUT2D eigenvalue weighted by atomic mass is 10.3. The highest BCUT2D eigenvalue weighted by Crippen LogP contribution is 2.14. The first-order valence-corrected chi connectivity index (χ1v) is 5.32. The van der Waals surface area contributed by atoms with E-state index in [1.807, 2.05) is 12.1 Å². The van der Waals surface area contributed by atoms with Crippen LogP contribution in [0.15, 0.2) is 30.6 Å². The standard InChI is InChI=1S/C10H8Cl2N4/c11-8-4-9(16-10(12)15-8)14-6-7-2-1-3-13-5-7/h1-5H,6H2,(H,14,15,16). The van der Waals surface area contributed by atoms with Crippen LogP contribution in [-0.2, 0) is 6.54 Å². The number of nitrogens with one attached hydrogen (secondary N) is 1. The third-order valence-corrected chi connectivity index (χ3v) is 2.23. The minimum Gasteiger partial charge on any atom is -0.366 e. The van der Waals surface area contributed by atoms with Gasteiger partial charge in [-0.15, -0.1) is 0 Å². The summed E-state index contributed by atoms with van der Waals surface area (Å²) in [7, 11) is 0. The molecule has 2 aromatic heterocycles. The first kappa shape index (κ1) is 11.1. The molecule has 0 saturated heterocycles. The van der Waals surface area contributed by atoms with Crippen LogP contribution >= 0.6 is 23.2 Å². The van der Waals surface area contributed by atoms with Crippen molar-refractivity contribution >= 4 is 29.0 Å². The van der Waals surface area contributed by atoms with Gasteiger partial charge >= 0.3 is 0 Å². The van der Waals surface area contributed by atoms with Crippen molar-refractivity contribution in [3.05, 3.63) is 46.6 Å². The molecule has 0 amide bonds. The summed E-state index contributed by atoms with van der Waals surface area (Å²) in [6, 6.07) is 5.45. The second-order valence-electron chi connectivity index (χ2n) is 3.06. The van der Waals surface area contributed by atoms with E-state index in [0.29, 0.717) is 17.5 Å². The molecule has 6 heteroatoms. The molecule has 0 unspecified atom stereocenters. The van der Waals surface area contributed by atoms with Gasteiger partial charge in [0.2, 0.25) is 5.28 Å². The third-order valence-electron chi connectivity index (χ3n) is 1.86. The Kier molecular flexibility index (Phi) is 3.54. The molecule has 0 aliphatic heterocycles. The zero-order valence-electron chi connectivity index (χ0n) is 8.19. The van der Waals surface area contributed by atoms with Gasteiger partial charge in [-0.3, -0.25) is 4.98 Å². The number of anilines is 1. The largest absolute Gasteiger partial charge is 0.366 e. The Morgan fingerprint density at radius 1 is 1.25 bits per heavy atom. The van der Waals surface area contributed by atoms with Crippen molar-refractivity contribution < 1.29 is 0 Å². The van der Waals surface area contributed by atoms with Crippen LogP contribution in [0.3, 0.4) is 0 Å². The van der Waals surface area contributed by atoms with E-state index in [9.17, 15) is 0 Å². The SMILES string of the molecule is Clc1cc(NCc2cccnc2)nc(Cl)n1. The van der Waals surface area contributed by atoms with Crippen LogP contribution in [0.25, 0.3) is 0 Å². The highest BCUT2D eigenvalue weighted by molar-refractivity contribution is 6.32. The molecule has 0 aliphatic carbocycles. The predicted octanol–water partition coefficient (Wildman–Crippen LogP) is 2.79. The van der Waals surface area contributed by atoms with Crippen molar-refractivity contribution in [3.8, 4) is 0 Å². The Bertz CT molecular complexity index is 455. The van der Waals surface area contributed by atoms with Crippen LogP contribution < -0.4 is 5.32 Å². The van der Waals surface area contributed by atoms with Crippen LogP contribution in [0.4, 0.5) is 5.82 Å². The minimum atomic E-state index is 0.126. The van der Waals surface area contributed by atoms with Crippen LogP contribution in [0, 0.1) is 0 Å². The summed E-state index contributed by atoms with van der Waals surface area (Å²) in [6.07, 6.45) is 3.50. The van der Waals surface area contributed by atoms with Crippen molar-refractivity contribution in [3.63, 3.8) is 0 Å². The van der Waals surface area contributed by atoms with E-state index in [1.54, 1.807) is 18.5 Å². The summed E-state index contributed by atoms with van der Waals surface area (Å²) in [6.45, 7) is 0.609. The molecule has 1 N–H and O–H groups in total.